The molecule has 0 amide bonds. The number of benzene rings is 2. The zero-order valence-corrected chi connectivity index (χ0v) is 11.7. The van der Waals surface area contributed by atoms with E-state index in [1.165, 1.54) is 11.1 Å². The van der Waals surface area contributed by atoms with Gasteiger partial charge in [-0.25, -0.2) is 0 Å². The molecule has 2 aromatic carbocycles. The van der Waals surface area contributed by atoms with Crippen LogP contribution in [0.15, 0.2) is 66.7 Å². The van der Waals surface area contributed by atoms with E-state index in [0.717, 1.165) is 19.7 Å². The molecule has 0 aliphatic heterocycles. The fraction of sp³-hybridized carbons (Fsp3) is 0.222. The highest BCUT2D eigenvalue weighted by molar-refractivity contribution is 5.48. The van der Waals surface area contributed by atoms with Gasteiger partial charge in [-0.1, -0.05) is 72.8 Å². The molecule has 0 spiro atoms. The highest BCUT2D eigenvalue weighted by Gasteiger charge is 1.90. The lowest BCUT2D eigenvalue weighted by Crippen LogP contribution is -2.19. The van der Waals surface area contributed by atoms with Crippen molar-refractivity contribution < 1.29 is 4.74 Å². The molecule has 0 saturated heterocycles. The maximum Gasteiger partial charge on any atom is 0.0651 e. The SMILES string of the molecule is C(=Cc1ccccc1)COCCNCc1ccccc1. The van der Waals surface area contributed by atoms with Crippen LogP contribution in [0.25, 0.3) is 6.08 Å². The van der Waals surface area contributed by atoms with E-state index >= 15 is 0 Å². The predicted octanol–water partition coefficient (Wildman–Crippen LogP) is 3.51. The molecule has 2 nitrogen and oxygen atoms in total. The fourth-order valence-electron chi connectivity index (χ4n) is 1.87. The van der Waals surface area contributed by atoms with Crippen molar-refractivity contribution in [3.63, 3.8) is 0 Å². The van der Waals surface area contributed by atoms with Crippen LogP contribution in [0.4, 0.5) is 0 Å². The molecule has 0 bridgehead atoms. The molecule has 0 radical (unpaired) electrons. The second-order valence-electron chi connectivity index (χ2n) is 4.55. The van der Waals surface area contributed by atoms with Crippen LogP contribution in [0, 0.1) is 0 Å². The summed E-state index contributed by atoms with van der Waals surface area (Å²) in [5, 5.41) is 3.36. The van der Waals surface area contributed by atoms with Crippen molar-refractivity contribution in [1.29, 1.82) is 0 Å². The van der Waals surface area contributed by atoms with Gasteiger partial charge in [0, 0.05) is 13.1 Å². The average Bonchev–Trinajstić information content (AvgIpc) is 2.52. The summed E-state index contributed by atoms with van der Waals surface area (Å²) in [5.41, 5.74) is 2.51. The minimum Gasteiger partial charge on any atom is -0.376 e. The van der Waals surface area contributed by atoms with Gasteiger partial charge in [0.1, 0.15) is 0 Å². The topological polar surface area (TPSA) is 21.3 Å². The Morgan fingerprint density at radius 3 is 2.35 bits per heavy atom. The molecule has 1 N–H and O–H groups in total. The van der Waals surface area contributed by atoms with E-state index in [2.05, 4.69) is 47.8 Å². The summed E-state index contributed by atoms with van der Waals surface area (Å²) >= 11 is 0. The van der Waals surface area contributed by atoms with E-state index in [9.17, 15) is 0 Å². The molecule has 20 heavy (non-hydrogen) atoms. The normalized spacial score (nSPS) is 11.0. The van der Waals surface area contributed by atoms with Gasteiger partial charge in [-0.2, -0.15) is 0 Å². The molecule has 104 valence electrons. The third-order valence-corrected chi connectivity index (χ3v) is 2.92. The Hall–Kier alpha value is -1.90. The van der Waals surface area contributed by atoms with Gasteiger partial charge in [-0.05, 0) is 11.1 Å². The molecule has 0 unspecified atom stereocenters. The summed E-state index contributed by atoms with van der Waals surface area (Å²) in [6, 6.07) is 20.6. The predicted molar refractivity (Wildman–Crippen MR) is 84.4 cm³/mol. The van der Waals surface area contributed by atoms with Crippen LogP contribution in [-0.2, 0) is 11.3 Å². The number of hydrogen-bond acceptors (Lipinski definition) is 2. The molecule has 0 saturated carbocycles. The third kappa shape index (κ3) is 5.83. The van der Waals surface area contributed by atoms with Crippen molar-refractivity contribution in [3.05, 3.63) is 77.9 Å². The monoisotopic (exact) mass is 267 g/mol. The summed E-state index contributed by atoms with van der Waals surface area (Å²) in [6.45, 7) is 3.14. The van der Waals surface area contributed by atoms with Crippen molar-refractivity contribution >= 4 is 6.08 Å². The largest absolute Gasteiger partial charge is 0.376 e. The first-order chi connectivity index (χ1) is 9.95. The minimum absolute atomic E-state index is 0.655. The van der Waals surface area contributed by atoms with Gasteiger partial charge in [0.05, 0.1) is 13.2 Å². The van der Waals surface area contributed by atoms with E-state index in [4.69, 9.17) is 4.74 Å². The van der Waals surface area contributed by atoms with E-state index in [0.29, 0.717) is 6.61 Å². The molecule has 0 atom stereocenters. The zero-order chi connectivity index (χ0) is 13.9. The molecular formula is C18H21NO. The van der Waals surface area contributed by atoms with Crippen LogP contribution in [-0.4, -0.2) is 19.8 Å². The van der Waals surface area contributed by atoms with E-state index in [1.54, 1.807) is 0 Å². The second-order valence-corrected chi connectivity index (χ2v) is 4.55. The summed E-state index contributed by atoms with van der Waals surface area (Å²) < 4.78 is 5.54. The average molecular weight is 267 g/mol. The summed E-state index contributed by atoms with van der Waals surface area (Å²) in [4.78, 5) is 0. The van der Waals surface area contributed by atoms with Gasteiger partial charge < -0.3 is 10.1 Å². The first-order valence-electron chi connectivity index (χ1n) is 6.99. The van der Waals surface area contributed by atoms with Crippen molar-refractivity contribution in [2.45, 2.75) is 6.54 Å². The molecule has 2 aromatic rings. The maximum absolute atomic E-state index is 5.54. The molecule has 0 heterocycles. The van der Waals surface area contributed by atoms with Gasteiger partial charge in [0.2, 0.25) is 0 Å². The fourth-order valence-corrected chi connectivity index (χ4v) is 1.87. The molecule has 0 fully saturated rings. The van der Waals surface area contributed by atoms with Gasteiger partial charge in [0.15, 0.2) is 0 Å². The molecule has 2 heteroatoms. The van der Waals surface area contributed by atoms with Crippen LogP contribution >= 0.6 is 0 Å². The zero-order valence-electron chi connectivity index (χ0n) is 11.7. The van der Waals surface area contributed by atoms with Gasteiger partial charge in [-0.3, -0.25) is 0 Å². The Bertz CT molecular complexity index is 493. The standard InChI is InChI=1S/C18H21NO/c1-3-8-17(9-4-1)12-7-14-20-15-13-19-16-18-10-5-2-6-11-18/h1-12,19H,13-16H2. The van der Waals surface area contributed by atoms with E-state index in [1.807, 2.05) is 30.3 Å². The number of nitrogens with one attached hydrogen (secondary N) is 1. The molecule has 0 aromatic heterocycles. The lowest BCUT2D eigenvalue weighted by Gasteiger charge is -2.04. The van der Waals surface area contributed by atoms with E-state index < -0.39 is 0 Å². The summed E-state index contributed by atoms with van der Waals surface area (Å²) in [5.74, 6) is 0. The molecule has 2 rings (SSSR count). The lowest BCUT2D eigenvalue weighted by atomic mass is 10.2. The summed E-state index contributed by atoms with van der Waals surface area (Å²) in [7, 11) is 0. The van der Waals surface area contributed by atoms with Crippen LogP contribution < -0.4 is 5.32 Å². The minimum atomic E-state index is 0.655. The summed E-state index contributed by atoms with van der Waals surface area (Å²) in [6.07, 6.45) is 4.13. The van der Waals surface area contributed by atoms with Gasteiger partial charge >= 0.3 is 0 Å². The Labute approximate surface area is 121 Å². The highest BCUT2D eigenvalue weighted by Crippen LogP contribution is 2.00. The molecule has 0 aliphatic carbocycles. The number of rotatable bonds is 8. The maximum atomic E-state index is 5.54. The number of ether oxygens (including phenoxy) is 1. The van der Waals surface area contributed by atoms with Gasteiger partial charge in [-0.15, -0.1) is 0 Å². The van der Waals surface area contributed by atoms with Crippen LogP contribution in [0.1, 0.15) is 11.1 Å². The Morgan fingerprint density at radius 1 is 0.900 bits per heavy atom. The van der Waals surface area contributed by atoms with Crippen LogP contribution in [0.3, 0.4) is 0 Å². The second kappa shape index (κ2) is 9.08. The first-order valence-corrected chi connectivity index (χ1v) is 6.99. The van der Waals surface area contributed by atoms with Crippen molar-refractivity contribution in [3.8, 4) is 0 Å². The quantitative estimate of drug-likeness (QED) is 0.739. The molecule has 0 aliphatic rings. The lowest BCUT2D eigenvalue weighted by molar-refractivity contribution is 0.164. The Kier molecular flexibility index (Phi) is 6.58. The first kappa shape index (κ1) is 14.5. The molecular weight excluding hydrogens is 246 g/mol. The number of hydrogen-bond donors (Lipinski definition) is 1. The van der Waals surface area contributed by atoms with Crippen LogP contribution in [0.2, 0.25) is 0 Å². The van der Waals surface area contributed by atoms with Crippen LogP contribution in [0.5, 0.6) is 0 Å². The third-order valence-electron chi connectivity index (χ3n) is 2.92. The van der Waals surface area contributed by atoms with Crippen molar-refractivity contribution in [2.75, 3.05) is 19.8 Å². The van der Waals surface area contributed by atoms with Crippen molar-refractivity contribution in [2.24, 2.45) is 0 Å². The Morgan fingerprint density at radius 2 is 1.60 bits per heavy atom. The Balaban J connectivity index is 1.51. The van der Waals surface area contributed by atoms with Crippen molar-refractivity contribution in [1.82, 2.24) is 5.32 Å². The highest BCUT2D eigenvalue weighted by atomic mass is 16.5. The van der Waals surface area contributed by atoms with E-state index in [-0.39, 0.29) is 0 Å². The smallest absolute Gasteiger partial charge is 0.0651 e. The van der Waals surface area contributed by atoms with Gasteiger partial charge in [0.25, 0.3) is 0 Å².